The van der Waals surface area contributed by atoms with Crippen molar-refractivity contribution in [2.45, 2.75) is 62.6 Å². The van der Waals surface area contributed by atoms with Gasteiger partial charge in [0.1, 0.15) is 6.61 Å². The van der Waals surface area contributed by atoms with Gasteiger partial charge in [-0.1, -0.05) is 60.7 Å². The van der Waals surface area contributed by atoms with Gasteiger partial charge in [0.05, 0.1) is 17.2 Å². The molecule has 2 aliphatic heterocycles. The highest BCUT2D eigenvalue weighted by atomic mass is 16.6. The van der Waals surface area contributed by atoms with E-state index in [1.165, 1.54) is 22.3 Å². The number of benzene rings is 3. The van der Waals surface area contributed by atoms with Crippen molar-refractivity contribution in [3.8, 4) is 17.2 Å². The van der Waals surface area contributed by atoms with Gasteiger partial charge in [-0.05, 0) is 65.6 Å². The van der Waals surface area contributed by atoms with Crippen LogP contribution in [0.3, 0.4) is 0 Å². The number of aliphatic hydroxyl groups is 1. The molecule has 1 amide bonds. The van der Waals surface area contributed by atoms with E-state index in [0.717, 1.165) is 30.4 Å². The summed E-state index contributed by atoms with van der Waals surface area (Å²) in [6.07, 6.45) is 3.37. The minimum absolute atomic E-state index is 0.0271. The number of hydrogen-bond acceptors (Lipinski definition) is 4. The van der Waals surface area contributed by atoms with Crippen LogP contribution >= 0.6 is 0 Å². The molecule has 0 saturated carbocycles. The van der Waals surface area contributed by atoms with Gasteiger partial charge >= 0.3 is 6.09 Å². The van der Waals surface area contributed by atoms with Crippen molar-refractivity contribution in [1.82, 2.24) is 4.90 Å². The van der Waals surface area contributed by atoms with Crippen molar-refractivity contribution in [1.29, 1.82) is 5.26 Å². The molecule has 0 aromatic heterocycles. The fourth-order valence-corrected chi connectivity index (χ4v) is 6.88. The Morgan fingerprint density at radius 1 is 1.00 bits per heavy atom. The lowest BCUT2D eigenvalue weighted by Crippen LogP contribution is -2.59. The van der Waals surface area contributed by atoms with Crippen LogP contribution in [0, 0.1) is 18.3 Å². The summed E-state index contributed by atoms with van der Waals surface area (Å²) in [6, 6.07) is 24.3. The Kier molecular flexibility index (Phi) is 5.58. The quantitative estimate of drug-likeness (QED) is 0.500. The summed E-state index contributed by atoms with van der Waals surface area (Å²) in [7, 11) is 0. The molecule has 3 aliphatic rings. The summed E-state index contributed by atoms with van der Waals surface area (Å²) in [5, 5.41) is 21.3. The average molecular weight is 479 g/mol. The number of ether oxygens (including phenoxy) is 1. The maximum Gasteiger partial charge on any atom is 0.410 e. The van der Waals surface area contributed by atoms with E-state index < -0.39 is 5.60 Å². The lowest BCUT2D eigenvalue weighted by molar-refractivity contribution is -0.0893. The summed E-state index contributed by atoms with van der Waals surface area (Å²) < 4.78 is 6.01. The monoisotopic (exact) mass is 478 g/mol. The van der Waals surface area contributed by atoms with E-state index in [0.29, 0.717) is 25.0 Å². The molecule has 5 nitrogen and oxygen atoms in total. The summed E-state index contributed by atoms with van der Waals surface area (Å²) in [5.74, 6) is 0.0271. The van der Waals surface area contributed by atoms with Crippen molar-refractivity contribution in [3.63, 3.8) is 0 Å². The van der Waals surface area contributed by atoms with Gasteiger partial charge in [0.15, 0.2) is 0 Å². The minimum atomic E-state index is -1.05. The maximum atomic E-state index is 13.5. The topological polar surface area (TPSA) is 73.6 Å². The smallest absolute Gasteiger partial charge is 0.410 e. The second-order valence-corrected chi connectivity index (χ2v) is 10.5. The Labute approximate surface area is 211 Å². The molecule has 2 saturated heterocycles. The van der Waals surface area contributed by atoms with Crippen LogP contribution in [0.5, 0.6) is 0 Å². The van der Waals surface area contributed by atoms with Crippen LogP contribution < -0.4 is 0 Å². The molecule has 2 heterocycles. The maximum absolute atomic E-state index is 13.5. The van der Waals surface area contributed by atoms with Crippen LogP contribution in [-0.2, 0) is 10.3 Å². The van der Waals surface area contributed by atoms with E-state index >= 15 is 0 Å². The van der Waals surface area contributed by atoms with E-state index in [2.05, 4.69) is 30.3 Å². The first-order valence-electron chi connectivity index (χ1n) is 12.9. The number of rotatable bonds is 3. The fraction of sp³-hybridized carbons (Fsp3) is 0.355. The third kappa shape index (κ3) is 3.60. The zero-order chi connectivity index (χ0) is 24.9. The zero-order valence-corrected chi connectivity index (χ0v) is 20.5. The Bertz CT molecular complexity index is 1310. The normalized spacial score (nSPS) is 24.5. The number of nitrogens with zero attached hydrogens (tertiary/aromatic N) is 2. The predicted molar refractivity (Wildman–Crippen MR) is 137 cm³/mol. The van der Waals surface area contributed by atoms with Crippen molar-refractivity contribution < 1.29 is 14.6 Å². The molecule has 0 spiro atoms. The largest absolute Gasteiger partial charge is 0.448 e. The number of fused-ring (bicyclic) bond motifs is 5. The SMILES string of the molecule is Cc1c(C#N)cccc1C1(O)CC2CCCC(C1)N2C(=O)OCC1c2ccccc2-c2ccccc21. The van der Waals surface area contributed by atoms with Gasteiger partial charge in [0.25, 0.3) is 0 Å². The van der Waals surface area contributed by atoms with Crippen molar-refractivity contribution in [2.75, 3.05) is 6.61 Å². The third-order valence-electron chi connectivity index (χ3n) is 8.51. The summed E-state index contributed by atoms with van der Waals surface area (Å²) in [4.78, 5) is 15.4. The minimum Gasteiger partial charge on any atom is -0.448 e. The van der Waals surface area contributed by atoms with E-state index in [1.54, 1.807) is 6.07 Å². The van der Waals surface area contributed by atoms with Crippen LogP contribution in [0.25, 0.3) is 11.1 Å². The van der Waals surface area contributed by atoms with Gasteiger partial charge in [-0.15, -0.1) is 0 Å². The van der Waals surface area contributed by atoms with Crippen LogP contribution in [0.1, 0.15) is 65.8 Å². The standard InChI is InChI=1S/C31H30N2O3/c1-20-21(18-32)8-6-15-29(20)31(35)16-22-9-7-10-23(17-31)33(22)30(34)36-19-28-26-13-4-2-11-24(26)25-12-3-5-14-27(25)28/h2-6,8,11-15,22-23,28,35H,7,9-10,16-17,19H2,1H3. The molecule has 182 valence electrons. The molecular weight excluding hydrogens is 448 g/mol. The molecule has 2 bridgehead atoms. The van der Waals surface area contributed by atoms with E-state index in [-0.39, 0.29) is 24.1 Å². The molecule has 6 rings (SSSR count). The van der Waals surface area contributed by atoms with Gasteiger partial charge in [-0.2, -0.15) is 5.26 Å². The Hall–Kier alpha value is -3.62. The van der Waals surface area contributed by atoms with Crippen molar-refractivity contribution in [3.05, 3.63) is 94.5 Å². The molecule has 2 fully saturated rings. The Morgan fingerprint density at radius 2 is 1.61 bits per heavy atom. The second kappa shape index (κ2) is 8.80. The number of amides is 1. The highest BCUT2D eigenvalue weighted by Crippen LogP contribution is 2.47. The Balaban J connectivity index is 1.22. The number of hydrogen-bond donors (Lipinski definition) is 1. The first kappa shape index (κ1) is 22.8. The number of carbonyl (C=O) groups is 1. The van der Waals surface area contributed by atoms with Crippen LogP contribution in [-0.4, -0.2) is 34.8 Å². The number of piperidine rings is 2. The number of carbonyl (C=O) groups excluding carboxylic acids is 1. The predicted octanol–water partition coefficient (Wildman–Crippen LogP) is 6.02. The van der Waals surface area contributed by atoms with Gasteiger partial charge < -0.3 is 14.7 Å². The fourth-order valence-electron chi connectivity index (χ4n) is 6.88. The summed E-state index contributed by atoms with van der Waals surface area (Å²) >= 11 is 0. The second-order valence-electron chi connectivity index (χ2n) is 10.5. The lowest BCUT2D eigenvalue weighted by Gasteiger charge is -2.51. The van der Waals surface area contributed by atoms with E-state index in [9.17, 15) is 15.2 Å². The lowest BCUT2D eigenvalue weighted by atomic mass is 9.71. The molecule has 0 radical (unpaired) electrons. The molecule has 1 N–H and O–H groups in total. The average Bonchev–Trinajstić information content (AvgIpc) is 3.20. The van der Waals surface area contributed by atoms with Gasteiger partial charge in [0, 0.05) is 30.8 Å². The first-order valence-corrected chi connectivity index (χ1v) is 12.9. The number of nitriles is 1. The molecule has 2 atom stereocenters. The van der Waals surface area contributed by atoms with Gasteiger partial charge in [-0.3, -0.25) is 0 Å². The first-order chi connectivity index (χ1) is 17.5. The zero-order valence-electron chi connectivity index (χ0n) is 20.5. The molecular formula is C31H30N2O3. The summed E-state index contributed by atoms with van der Waals surface area (Å²) in [6.45, 7) is 2.20. The van der Waals surface area contributed by atoms with Crippen LogP contribution in [0.15, 0.2) is 66.7 Å². The molecule has 3 aromatic carbocycles. The van der Waals surface area contributed by atoms with Crippen molar-refractivity contribution >= 4 is 6.09 Å². The third-order valence-corrected chi connectivity index (χ3v) is 8.51. The molecule has 36 heavy (non-hydrogen) atoms. The van der Waals surface area contributed by atoms with E-state index in [1.807, 2.05) is 48.2 Å². The molecule has 3 aromatic rings. The van der Waals surface area contributed by atoms with Gasteiger partial charge in [-0.25, -0.2) is 4.79 Å². The van der Waals surface area contributed by atoms with Crippen LogP contribution in [0.4, 0.5) is 4.79 Å². The van der Waals surface area contributed by atoms with Crippen molar-refractivity contribution in [2.24, 2.45) is 0 Å². The van der Waals surface area contributed by atoms with E-state index in [4.69, 9.17) is 4.74 Å². The summed E-state index contributed by atoms with van der Waals surface area (Å²) in [5.41, 5.74) is 6.01. The highest BCUT2D eigenvalue weighted by Gasteiger charge is 2.49. The highest BCUT2D eigenvalue weighted by molar-refractivity contribution is 5.79. The molecule has 2 unspecified atom stereocenters. The Morgan fingerprint density at radius 3 is 2.22 bits per heavy atom. The molecule has 5 heteroatoms. The van der Waals surface area contributed by atoms with Gasteiger partial charge in [0.2, 0.25) is 0 Å². The van der Waals surface area contributed by atoms with Crippen LogP contribution in [0.2, 0.25) is 0 Å². The molecule has 1 aliphatic carbocycles.